The summed E-state index contributed by atoms with van der Waals surface area (Å²) in [5.74, 6) is 0.175. The summed E-state index contributed by atoms with van der Waals surface area (Å²) in [5, 5.41) is 6.81. The van der Waals surface area contributed by atoms with Crippen LogP contribution < -0.4 is 0 Å². The van der Waals surface area contributed by atoms with E-state index in [1.165, 1.54) is 18.9 Å². The summed E-state index contributed by atoms with van der Waals surface area (Å²) in [4.78, 5) is 15.9. The number of H-pyrrole nitrogens is 1. The van der Waals surface area contributed by atoms with E-state index < -0.39 is 15.3 Å². The highest BCUT2D eigenvalue weighted by Crippen LogP contribution is 2.42. The Balaban J connectivity index is 1.59. The van der Waals surface area contributed by atoms with E-state index in [0.29, 0.717) is 18.8 Å². The molecule has 0 unspecified atom stereocenters. The fourth-order valence-electron chi connectivity index (χ4n) is 4.89. The predicted molar refractivity (Wildman–Crippen MR) is 107 cm³/mol. The maximum absolute atomic E-state index is 13.7. The van der Waals surface area contributed by atoms with Gasteiger partial charge in [-0.2, -0.15) is 5.10 Å². The quantitative estimate of drug-likeness (QED) is 0.854. The van der Waals surface area contributed by atoms with Gasteiger partial charge in [-0.05, 0) is 24.8 Å². The first kappa shape index (κ1) is 19.2. The number of sulfone groups is 1. The van der Waals surface area contributed by atoms with Crippen molar-refractivity contribution in [2.24, 2.45) is 0 Å². The lowest BCUT2D eigenvalue weighted by Gasteiger charge is -2.39. The van der Waals surface area contributed by atoms with Gasteiger partial charge in [0.25, 0.3) is 0 Å². The number of carbonyl (C=O) groups is 1. The Morgan fingerprint density at radius 1 is 1.18 bits per heavy atom. The van der Waals surface area contributed by atoms with Crippen molar-refractivity contribution >= 4 is 15.7 Å². The molecular formula is C21H27N3O3S. The molecule has 7 heteroatoms. The van der Waals surface area contributed by atoms with Gasteiger partial charge in [0.2, 0.25) is 5.91 Å². The van der Waals surface area contributed by atoms with E-state index in [9.17, 15) is 13.2 Å². The van der Waals surface area contributed by atoms with Gasteiger partial charge in [-0.25, -0.2) is 8.42 Å². The summed E-state index contributed by atoms with van der Waals surface area (Å²) in [6.07, 6.45) is 8.41. The molecule has 1 atom stereocenters. The summed E-state index contributed by atoms with van der Waals surface area (Å²) in [6.45, 7) is 1.19. The molecule has 28 heavy (non-hydrogen) atoms. The molecule has 1 aliphatic carbocycles. The fraction of sp³-hybridized carbons (Fsp3) is 0.524. The van der Waals surface area contributed by atoms with Crippen molar-refractivity contribution < 1.29 is 13.2 Å². The molecule has 0 radical (unpaired) electrons. The van der Waals surface area contributed by atoms with Crippen LogP contribution in [0.5, 0.6) is 0 Å². The molecule has 0 spiro atoms. The van der Waals surface area contributed by atoms with Crippen molar-refractivity contribution in [3.8, 4) is 0 Å². The minimum absolute atomic E-state index is 0.0208. The molecule has 1 aromatic heterocycles. The number of nitrogens with zero attached hydrogens (tertiary/aromatic N) is 2. The number of carbonyl (C=O) groups excluding carboxylic acids is 1. The molecular weight excluding hydrogens is 374 g/mol. The van der Waals surface area contributed by atoms with Crippen LogP contribution in [0.1, 0.15) is 55.7 Å². The lowest BCUT2D eigenvalue weighted by atomic mass is 9.68. The molecule has 1 aromatic carbocycles. The fourth-order valence-corrected chi connectivity index (χ4v) is 5.75. The largest absolute Gasteiger partial charge is 0.341 e. The summed E-state index contributed by atoms with van der Waals surface area (Å²) >= 11 is 0. The normalized spacial score (nSPS) is 22.3. The average molecular weight is 402 g/mol. The molecule has 1 N–H and O–H groups in total. The number of hydrogen-bond acceptors (Lipinski definition) is 4. The second-order valence-corrected chi connectivity index (χ2v) is 10.1. The van der Waals surface area contributed by atoms with Gasteiger partial charge in [-0.15, -0.1) is 0 Å². The van der Waals surface area contributed by atoms with Gasteiger partial charge >= 0.3 is 0 Å². The van der Waals surface area contributed by atoms with Crippen LogP contribution in [0.15, 0.2) is 41.4 Å². The summed E-state index contributed by atoms with van der Waals surface area (Å²) in [7, 11) is -3.34. The summed E-state index contributed by atoms with van der Waals surface area (Å²) in [5.41, 5.74) is 1.30. The monoisotopic (exact) mass is 401 g/mol. The van der Waals surface area contributed by atoms with Gasteiger partial charge in [-0.1, -0.05) is 49.6 Å². The van der Waals surface area contributed by atoms with Crippen LogP contribution in [0, 0.1) is 0 Å². The van der Waals surface area contributed by atoms with Crippen molar-refractivity contribution in [3.05, 3.63) is 47.8 Å². The average Bonchev–Trinajstić information content (AvgIpc) is 3.37. The highest BCUT2D eigenvalue weighted by Gasteiger charge is 2.45. The predicted octanol–water partition coefficient (Wildman–Crippen LogP) is 3.03. The number of benzene rings is 1. The molecule has 2 fully saturated rings. The molecule has 2 aromatic rings. The Hall–Kier alpha value is -2.15. The number of aromatic nitrogens is 2. The van der Waals surface area contributed by atoms with Crippen molar-refractivity contribution in [1.82, 2.24) is 15.1 Å². The van der Waals surface area contributed by atoms with E-state index in [1.807, 2.05) is 23.1 Å². The van der Waals surface area contributed by atoms with Crippen LogP contribution in [0.3, 0.4) is 0 Å². The van der Waals surface area contributed by atoms with Crippen molar-refractivity contribution in [2.45, 2.75) is 54.8 Å². The van der Waals surface area contributed by atoms with Crippen molar-refractivity contribution in [3.63, 3.8) is 0 Å². The van der Waals surface area contributed by atoms with Gasteiger partial charge in [0.05, 0.1) is 17.3 Å². The Morgan fingerprint density at radius 3 is 2.57 bits per heavy atom. The lowest BCUT2D eigenvalue weighted by Crippen LogP contribution is -2.47. The van der Waals surface area contributed by atoms with Gasteiger partial charge in [0.15, 0.2) is 9.84 Å². The van der Waals surface area contributed by atoms with Crippen LogP contribution >= 0.6 is 0 Å². The number of amides is 1. The van der Waals surface area contributed by atoms with E-state index in [0.717, 1.165) is 37.7 Å². The second-order valence-electron chi connectivity index (χ2n) is 8.17. The van der Waals surface area contributed by atoms with E-state index in [4.69, 9.17) is 0 Å². The first-order valence-electron chi connectivity index (χ1n) is 10.00. The van der Waals surface area contributed by atoms with Gasteiger partial charge in [0.1, 0.15) is 4.90 Å². The molecule has 150 valence electrons. The van der Waals surface area contributed by atoms with E-state index in [2.05, 4.69) is 22.3 Å². The molecule has 6 nitrogen and oxygen atoms in total. The van der Waals surface area contributed by atoms with Crippen molar-refractivity contribution in [1.29, 1.82) is 0 Å². The molecule has 1 saturated carbocycles. The molecule has 1 aliphatic heterocycles. The Bertz CT molecular complexity index is 946. The zero-order valence-electron chi connectivity index (χ0n) is 16.2. The highest BCUT2D eigenvalue weighted by atomic mass is 32.2. The number of rotatable bonds is 4. The maximum Gasteiger partial charge on any atom is 0.233 e. The third kappa shape index (κ3) is 3.36. The minimum Gasteiger partial charge on any atom is -0.341 e. The van der Waals surface area contributed by atoms with Crippen LogP contribution in [-0.4, -0.2) is 48.8 Å². The van der Waals surface area contributed by atoms with Crippen LogP contribution in [0.2, 0.25) is 0 Å². The van der Waals surface area contributed by atoms with E-state index >= 15 is 0 Å². The van der Waals surface area contributed by atoms with E-state index in [1.54, 1.807) is 0 Å². The van der Waals surface area contributed by atoms with Gasteiger partial charge < -0.3 is 4.90 Å². The zero-order valence-corrected chi connectivity index (χ0v) is 17.0. The van der Waals surface area contributed by atoms with Gasteiger partial charge in [0, 0.05) is 25.3 Å². The smallest absolute Gasteiger partial charge is 0.233 e. The summed E-state index contributed by atoms with van der Waals surface area (Å²) in [6, 6.07) is 10.2. The van der Waals surface area contributed by atoms with Crippen LogP contribution in [0.25, 0.3) is 0 Å². The third-order valence-corrected chi connectivity index (χ3v) is 7.48. The number of aromatic amines is 1. The second kappa shape index (κ2) is 7.35. The standard InChI is InChI=1S/C21H27N3O3S/c1-28(26,27)18-14-22-23-19(18)16-10-13-24(15-16)20(25)21(11-6-3-7-12-21)17-8-4-2-5-9-17/h2,4-5,8-9,14,16H,3,6-7,10-13,15H2,1H3,(H,22,23)/t16-/m1/s1. The van der Waals surface area contributed by atoms with E-state index in [-0.39, 0.29) is 16.7 Å². The molecule has 2 heterocycles. The Kier molecular flexibility index (Phi) is 5.04. The molecule has 0 bridgehead atoms. The molecule has 4 rings (SSSR count). The molecule has 2 aliphatic rings. The first-order chi connectivity index (χ1) is 13.4. The third-order valence-electron chi connectivity index (χ3n) is 6.36. The first-order valence-corrected chi connectivity index (χ1v) is 11.9. The van der Waals surface area contributed by atoms with Crippen molar-refractivity contribution in [2.75, 3.05) is 19.3 Å². The lowest BCUT2D eigenvalue weighted by molar-refractivity contribution is -0.137. The Labute approximate surface area is 166 Å². The SMILES string of the molecule is CS(=O)(=O)c1cn[nH]c1[C@@H]1CCN(C(=O)C2(c3ccccc3)CCCCC2)C1. The number of hydrogen-bond donors (Lipinski definition) is 1. The zero-order chi connectivity index (χ0) is 19.8. The number of nitrogens with one attached hydrogen (secondary N) is 1. The van der Waals surface area contributed by atoms with Crippen LogP contribution in [0.4, 0.5) is 0 Å². The van der Waals surface area contributed by atoms with Gasteiger partial charge in [-0.3, -0.25) is 9.89 Å². The highest BCUT2D eigenvalue weighted by molar-refractivity contribution is 7.90. The summed E-state index contributed by atoms with van der Waals surface area (Å²) < 4.78 is 24.1. The Morgan fingerprint density at radius 2 is 1.89 bits per heavy atom. The molecule has 1 saturated heterocycles. The number of likely N-dealkylation sites (tertiary alicyclic amines) is 1. The topological polar surface area (TPSA) is 83.1 Å². The van der Waals surface area contributed by atoms with Crippen LogP contribution in [-0.2, 0) is 20.0 Å². The molecule has 1 amide bonds. The minimum atomic E-state index is -3.34. The maximum atomic E-state index is 13.7.